The zero-order valence-corrected chi connectivity index (χ0v) is 18.7. The number of aromatic nitrogens is 1. The third-order valence-corrected chi connectivity index (χ3v) is 5.62. The molecule has 1 atom stereocenters. The highest BCUT2D eigenvalue weighted by molar-refractivity contribution is 7.13. The van der Waals surface area contributed by atoms with Crippen LogP contribution in [0.15, 0.2) is 35.3 Å². The quantitative estimate of drug-likeness (QED) is 0.371. The smallest absolute Gasteiger partial charge is 0.350 e. The van der Waals surface area contributed by atoms with E-state index in [9.17, 15) is 4.79 Å². The van der Waals surface area contributed by atoms with Crippen molar-refractivity contribution in [1.29, 1.82) is 0 Å². The largest absolute Gasteiger partial charge is 0.462 e. The Hall–Kier alpha value is -2.45. The van der Waals surface area contributed by atoms with Gasteiger partial charge >= 0.3 is 5.97 Å². The van der Waals surface area contributed by atoms with Gasteiger partial charge in [0.1, 0.15) is 9.88 Å². The van der Waals surface area contributed by atoms with Crippen molar-refractivity contribution in [2.75, 3.05) is 33.8 Å². The van der Waals surface area contributed by atoms with Crippen LogP contribution in [0.25, 0.3) is 0 Å². The van der Waals surface area contributed by atoms with E-state index in [4.69, 9.17) is 4.74 Å². The topological polar surface area (TPSA) is 78.8 Å². The summed E-state index contributed by atoms with van der Waals surface area (Å²) in [5, 5.41) is 7.50. The predicted molar refractivity (Wildman–Crippen MR) is 118 cm³/mol. The van der Waals surface area contributed by atoms with Crippen LogP contribution in [0.5, 0.6) is 0 Å². The fourth-order valence-corrected chi connectivity index (χ4v) is 3.75. The van der Waals surface area contributed by atoms with Gasteiger partial charge in [-0.05, 0) is 33.4 Å². The van der Waals surface area contributed by atoms with Gasteiger partial charge in [0.2, 0.25) is 0 Å². The predicted octanol–water partition coefficient (Wildman–Crippen LogP) is 2.99. The van der Waals surface area contributed by atoms with E-state index in [1.807, 2.05) is 19.9 Å². The number of nitrogens with one attached hydrogen (secondary N) is 2. The molecule has 0 aliphatic rings. The number of benzene rings is 1. The van der Waals surface area contributed by atoms with E-state index in [-0.39, 0.29) is 12.0 Å². The summed E-state index contributed by atoms with van der Waals surface area (Å²) in [5.41, 5.74) is 1.99. The molecule has 0 aliphatic carbocycles. The van der Waals surface area contributed by atoms with Crippen LogP contribution in [0.2, 0.25) is 0 Å². The van der Waals surface area contributed by atoms with Crippen LogP contribution in [-0.2, 0) is 11.3 Å². The normalized spacial score (nSPS) is 12.7. The van der Waals surface area contributed by atoms with Crippen LogP contribution in [0.3, 0.4) is 0 Å². The molecule has 2 rings (SSSR count). The maximum Gasteiger partial charge on any atom is 0.350 e. The Labute approximate surface area is 177 Å². The minimum atomic E-state index is -0.315. The summed E-state index contributed by atoms with van der Waals surface area (Å²) in [6.45, 7) is 8.53. The molecule has 1 unspecified atom stereocenters. The van der Waals surface area contributed by atoms with Gasteiger partial charge in [0.05, 0.1) is 18.3 Å². The monoisotopic (exact) mass is 417 g/mol. The van der Waals surface area contributed by atoms with Crippen molar-refractivity contribution in [2.24, 2.45) is 4.99 Å². The Kier molecular flexibility index (Phi) is 9.08. The van der Waals surface area contributed by atoms with Gasteiger partial charge in [-0.2, -0.15) is 0 Å². The van der Waals surface area contributed by atoms with Gasteiger partial charge in [-0.15, -0.1) is 11.3 Å². The molecule has 0 aliphatic heterocycles. The first-order chi connectivity index (χ1) is 13.9. The molecule has 0 amide bonds. The molecule has 0 bridgehead atoms. The highest BCUT2D eigenvalue weighted by atomic mass is 32.1. The zero-order chi connectivity index (χ0) is 21.2. The Balaban J connectivity index is 1.83. The lowest BCUT2D eigenvalue weighted by Crippen LogP contribution is -2.41. The van der Waals surface area contributed by atoms with Gasteiger partial charge in [-0.3, -0.25) is 4.99 Å². The van der Waals surface area contributed by atoms with Crippen molar-refractivity contribution in [3.05, 3.63) is 51.5 Å². The summed E-state index contributed by atoms with van der Waals surface area (Å²) in [4.78, 5) is 23.6. The van der Waals surface area contributed by atoms with Gasteiger partial charge in [0, 0.05) is 26.7 Å². The van der Waals surface area contributed by atoms with Crippen molar-refractivity contribution in [3.63, 3.8) is 0 Å². The van der Waals surface area contributed by atoms with Crippen molar-refractivity contribution in [3.8, 4) is 0 Å². The number of likely N-dealkylation sites (N-methyl/N-ethyl adjacent to an activating group) is 1. The molecule has 1 aromatic carbocycles. The number of esters is 1. The number of hydrogen-bond donors (Lipinski definition) is 2. The summed E-state index contributed by atoms with van der Waals surface area (Å²) < 4.78 is 5.09. The molecule has 1 heterocycles. The lowest BCUT2D eigenvalue weighted by molar-refractivity contribution is 0.0531. The van der Waals surface area contributed by atoms with Crippen LogP contribution >= 0.6 is 11.3 Å². The van der Waals surface area contributed by atoms with E-state index in [1.54, 1.807) is 14.0 Å². The van der Waals surface area contributed by atoms with Crippen molar-refractivity contribution >= 4 is 23.3 Å². The number of nitrogens with zero attached hydrogens (tertiary/aromatic N) is 3. The molecule has 0 radical (unpaired) electrons. The Morgan fingerprint density at radius 2 is 2.07 bits per heavy atom. The molecule has 158 valence electrons. The van der Waals surface area contributed by atoms with E-state index >= 15 is 0 Å². The van der Waals surface area contributed by atoms with E-state index in [0.717, 1.165) is 24.6 Å². The lowest BCUT2D eigenvalue weighted by atomic mass is 10.2. The van der Waals surface area contributed by atoms with Gasteiger partial charge in [0.15, 0.2) is 5.96 Å². The fraction of sp³-hybridized carbons (Fsp3) is 0.476. The number of ether oxygens (including phenoxy) is 1. The number of aliphatic imine (C=N–C) groups is 1. The second-order valence-electron chi connectivity index (χ2n) is 6.78. The van der Waals surface area contributed by atoms with E-state index in [2.05, 4.69) is 56.8 Å². The highest BCUT2D eigenvalue weighted by Gasteiger charge is 2.20. The minimum absolute atomic E-state index is 0.0740. The van der Waals surface area contributed by atoms with E-state index in [1.165, 1.54) is 16.9 Å². The third-order valence-electron chi connectivity index (χ3n) is 4.30. The number of aryl methyl sites for hydroxylation is 1. The summed E-state index contributed by atoms with van der Waals surface area (Å²) in [6, 6.07) is 10.3. The average molecular weight is 418 g/mol. The standard InChI is InChI=1S/C21H31N5O2S/c1-6-28-20(27)18-15(2)24-19(29-18)16(3)25-21(22-4)23-12-13-26(5)14-17-10-8-7-9-11-17/h7-11,16H,6,12-14H2,1-5H3,(H2,22,23,25). The first-order valence-corrected chi connectivity index (χ1v) is 10.6. The SMILES string of the molecule is CCOC(=O)c1sc(C(C)NC(=NC)NCCN(C)Cc2ccccc2)nc1C. The number of carbonyl (C=O) groups excluding carboxylic acids is 1. The minimum Gasteiger partial charge on any atom is -0.462 e. The molecule has 2 N–H and O–H groups in total. The molecular weight excluding hydrogens is 386 g/mol. The van der Waals surface area contributed by atoms with Crippen molar-refractivity contribution < 1.29 is 9.53 Å². The fourth-order valence-electron chi connectivity index (χ4n) is 2.79. The maximum atomic E-state index is 12.0. The number of rotatable bonds is 9. The second kappa shape index (κ2) is 11.5. The first-order valence-electron chi connectivity index (χ1n) is 9.78. The Morgan fingerprint density at radius 1 is 1.34 bits per heavy atom. The van der Waals surface area contributed by atoms with Crippen molar-refractivity contribution in [1.82, 2.24) is 20.5 Å². The molecule has 7 nitrogen and oxygen atoms in total. The van der Waals surface area contributed by atoms with Crippen LogP contribution in [0.4, 0.5) is 0 Å². The number of carbonyl (C=O) groups is 1. The van der Waals surface area contributed by atoms with Crippen molar-refractivity contribution in [2.45, 2.75) is 33.4 Å². The van der Waals surface area contributed by atoms with Gasteiger partial charge in [-0.25, -0.2) is 9.78 Å². The number of guanidine groups is 1. The molecular formula is C21H31N5O2S. The lowest BCUT2D eigenvalue weighted by Gasteiger charge is -2.20. The van der Waals surface area contributed by atoms with Crippen LogP contribution in [0, 0.1) is 6.92 Å². The molecule has 0 spiro atoms. The Morgan fingerprint density at radius 3 is 2.72 bits per heavy atom. The van der Waals surface area contributed by atoms with Gasteiger partial charge < -0.3 is 20.3 Å². The van der Waals surface area contributed by atoms with Crippen LogP contribution < -0.4 is 10.6 Å². The molecule has 0 saturated carbocycles. The van der Waals surface area contributed by atoms with E-state index < -0.39 is 0 Å². The Bertz CT molecular complexity index is 807. The van der Waals surface area contributed by atoms with Crippen LogP contribution in [0.1, 0.15) is 45.8 Å². The molecule has 1 aromatic heterocycles. The average Bonchev–Trinajstić information content (AvgIpc) is 3.10. The van der Waals surface area contributed by atoms with Gasteiger partial charge in [-0.1, -0.05) is 30.3 Å². The first kappa shape index (κ1) is 22.8. The molecule has 8 heteroatoms. The van der Waals surface area contributed by atoms with E-state index in [0.29, 0.717) is 23.1 Å². The summed E-state index contributed by atoms with van der Waals surface area (Å²) in [6.07, 6.45) is 0. The second-order valence-corrected chi connectivity index (χ2v) is 7.81. The van der Waals surface area contributed by atoms with Gasteiger partial charge in [0.25, 0.3) is 0 Å². The highest BCUT2D eigenvalue weighted by Crippen LogP contribution is 2.24. The molecule has 29 heavy (non-hydrogen) atoms. The third kappa shape index (κ3) is 7.14. The zero-order valence-electron chi connectivity index (χ0n) is 17.9. The molecule has 2 aromatic rings. The van der Waals surface area contributed by atoms with Crippen LogP contribution in [-0.4, -0.2) is 55.6 Å². The summed E-state index contributed by atoms with van der Waals surface area (Å²) in [7, 11) is 3.84. The summed E-state index contributed by atoms with van der Waals surface area (Å²) >= 11 is 1.36. The maximum absolute atomic E-state index is 12.0. The molecule has 0 fully saturated rings. The number of thiazole rings is 1. The molecule has 0 saturated heterocycles. The number of hydrogen-bond acceptors (Lipinski definition) is 6. The summed E-state index contributed by atoms with van der Waals surface area (Å²) in [5.74, 6) is 0.390.